The second-order valence-electron chi connectivity index (χ2n) is 10.4. The van der Waals surface area contributed by atoms with Gasteiger partial charge in [0.15, 0.2) is 0 Å². The maximum atomic E-state index is 13.7. The Bertz CT molecular complexity index is 725. The van der Waals surface area contributed by atoms with Gasteiger partial charge in [-0.05, 0) is 44.9 Å². The molecule has 3 aliphatic heterocycles. The van der Waals surface area contributed by atoms with Crippen LogP contribution in [0.2, 0.25) is 0 Å². The van der Waals surface area contributed by atoms with E-state index in [2.05, 4.69) is 10.6 Å². The number of carbonyl (C=O) groups excluding carboxylic acids is 3. The lowest BCUT2D eigenvalue weighted by Gasteiger charge is -2.35. The summed E-state index contributed by atoms with van der Waals surface area (Å²) in [4.78, 5) is 42.1. The van der Waals surface area contributed by atoms with E-state index in [9.17, 15) is 14.4 Å². The Morgan fingerprint density at radius 2 is 1.85 bits per heavy atom. The first kappa shape index (κ1) is 24.5. The highest BCUT2D eigenvalue weighted by Gasteiger charge is 2.74. The Morgan fingerprint density at radius 3 is 2.58 bits per heavy atom. The van der Waals surface area contributed by atoms with Crippen molar-refractivity contribution in [1.82, 2.24) is 15.5 Å². The van der Waals surface area contributed by atoms with Crippen molar-refractivity contribution in [3.8, 4) is 0 Å². The highest BCUT2D eigenvalue weighted by molar-refractivity contribution is 5.99. The maximum Gasteiger partial charge on any atom is 0.246 e. The van der Waals surface area contributed by atoms with Crippen LogP contribution in [0.25, 0.3) is 0 Å². The summed E-state index contributed by atoms with van der Waals surface area (Å²) in [5, 5.41) is 15.3. The fourth-order valence-corrected chi connectivity index (χ4v) is 6.63. The quantitative estimate of drug-likeness (QED) is 0.406. The Morgan fingerprint density at radius 1 is 1.09 bits per heavy atom. The molecule has 8 heteroatoms. The normalized spacial score (nSPS) is 33.4. The fourth-order valence-electron chi connectivity index (χ4n) is 6.63. The lowest BCUT2D eigenvalue weighted by molar-refractivity contribution is -0.142. The van der Waals surface area contributed by atoms with E-state index in [0.717, 1.165) is 57.8 Å². The average molecular weight is 464 g/mol. The van der Waals surface area contributed by atoms with E-state index in [1.54, 1.807) is 4.90 Å². The molecule has 3 N–H and O–H groups in total. The van der Waals surface area contributed by atoms with Crippen molar-refractivity contribution < 1.29 is 24.2 Å². The minimum atomic E-state index is -0.889. The number of aliphatic hydroxyl groups is 1. The summed E-state index contributed by atoms with van der Waals surface area (Å²) in [6.07, 6.45) is 10.6. The van der Waals surface area contributed by atoms with Gasteiger partial charge in [0.1, 0.15) is 11.6 Å². The second-order valence-corrected chi connectivity index (χ2v) is 10.4. The molecule has 0 aromatic carbocycles. The zero-order chi connectivity index (χ0) is 23.4. The molecule has 0 aromatic rings. The van der Waals surface area contributed by atoms with Gasteiger partial charge in [-0.2, -0.15) is 0 Å². The number of nitrogens with one attached hydrogen (secondary N) is 2. The average Bonchev–Trinajstić information content (AvgIpc) is 3.45. The number of ether oxygens (including phenoxy) is 1. The summed E-state index contributed by atoms with van der Waals surface area (Å²) in [5.74, 6) is -1.41. The Labute approximate surface area is 197 Å². The third-order valence-corrected chi connectivity index (χ3v) is 8.16. The van der Waals surface area contributed by atoms with Crippen LogP contribution in [-0.4, -0.2) is 71.2 Å². The zero-order valence-electron chi connectivity index (χ0n) is 20.0. The maximum absolute atomic E-state index is 13.7. The molecule has 1 spiro atoms. The lowest BCUT2D eigenvalue weighted by Crippen LogP contribution is -2.57. The first-order chi connectivity index (χ1) is 16.0. The molecule has 4 aliphatic rings. The predicted octanol–water partition coefficient (Wildman–Crippen LogP) is 1.89. The van der Waals surface area contributed by atoms with E-state index in [0.29, 0.717) is 25.9 Å². The van der Waals surface area contributed by atoms with Gasteiger partial charge in [-0.15, -0.1) is 0 Å². The van der Waals surface area contributed by atoms with Crippen LogP contribution in [0.15, 0.2) is 0 Å². The SMILES string of the molecule is CCCNC(=O)[C@@H]1[C@@H]2CCC3(O2)C(C(=O)NC2CCCCC2)N(CCCCCCO)C(=O)[C@H]13. The molecular formula is C25H41N3O5. The minimum Gasteiger partial charge on any atom is -0.396 e. The molecule has 2 unspecified atom stereocenters. The molecule has 3 heterocycles. The van der Waals surface area contributed by atoms with Crippen LogP contribution in [0, 0.1) is 11.8 Å². The standard InChI is InChI=1S/C25H41N3O5/c1-2-14-26-22(30)19-18-12-13-25(33-18)20(19)24(32)28(15-8-3-4-9-16-29)21(25)23(31)27-17-10-6-5-7-11-17/h17-21,29H,2-16H2,1H3,(H,26,30)(H,27,31)/t18-,19+,20-,21?,25?/m0/s1. The minimum absolute atomic E-state index is 0.0974. The third kappa shape index (κ3) is 4.65. The number of rotatable bonds is 11. The summed E-state index contributed by atoms with van der Waals surface area (Å²) in [5.41, 5.74) is -0.889. The monoisotopic (exact) mass is 463 g/mol. The van der Waals surface area contributed by atoms with Crippen molar-refractivity contribution in [3.05, 3.63) is 0 Å². The smallest absolute Gasteiger partial charge is 0.246 e. The molecular weight excluding hydrogens is 422 g/mol. The molecule has 33 heavy (non-hydrogen) atoms. The summed E-state index contributed by atoms with van der Waals surface area (Å²) in [6, 6.07) is -0.505. The molecule has 186 valence electrons. The van der Waals surface area contributed by atoms with Crippen molar-refractivity contribution in [3.63, 3.8) is 0 Å². The van der Waals surface area contributed by atoms with Crippen molar-refractivity contribution in [1.29, 1.82) is 0 Å². The van der Waals surface area contributed by atoms with Crippen LogP contribution >= 0.6 is 0 Å². The van der Waals surface area contributed by atoms with Crippen LogP contribution in [-0.2, 0) is 19.1 Å². The van der Waals surface area contributed by atoms with Gasteiger partial charge in [0.2, 0.25) is 17.7 Å². The number of amides is 3. The van der Waals surface area contributed by atoms with E-state index >= 15 is 0 Å². The van der Waals surface area contributed by atoms with E-state index in [1.807, 2.05) is 6.92 Å². The zero-order valence-corrected chi connectivity index (χ0v) is 20.0. The first-order valence-electron chi connectivity index (χ1n) is 13.2. The fraction of sp³-hybridized carbons (Fsp3) is 0.880. The molecule has 0 aromatic heterocycles. The highest BCUT2D eigenvalue weighted by atomic mass is 16.5. The van der Waals surface area contributed by atoms with Crippen LogP contribution < -0.4 is 10.6 Å². The van der Waals surface area contributed by atoms with Crippen LogP contribution in [0.4, 0.5) is 0 Å². The highest BCUT2D eigenvalue weighted by Crippen LogP contribution is 2.58. The van der Waals surface area contributed by atoms with E-state index in [1.165, 1.54) is 6.42 Å². The van der Waals surface area contributed by atoms with Crippen LogP contribution in [0.1, 0.15) is 84.0 Å². The molecule has 1 saturated carbocycles. The summed E-state index contributed by atoms with van der Waals surface area (Å²) >= 11 is 0. The van der Waals surface area contributed by atoms with Crippen molar-refractivity contribution in [2.24, 2.45) is 11.8 Å². The van der Waals surface area contributed by atoms with E-state index in [-0.39, 0.29) is 36.5 Å². The molecule has 8 nitrogen and oxygen atoms in total. The number of hydrogen-bond donors (Lipinski definition) is 3. The number of unbranched alkanes of at least 4 members (excludes halogenated alkanes) is 3. The van der Waals surface area contributed by atoms with Gasteiger partial charge in [0, 0.05) is 25.7 Å². The first-order valence-corrected chi connectivity index (χ1v) is 13.2. The van der Waals surface area contributed by atoms with Gasteiger partial charge in [-0.3, -0.25) is 14.4 Å². The molecule has 3 amide bonds. The predicted molar refractivity (Wildman–Crippen MR) is 123 cm³/mol. The molecule has 4 fully saturated rings. The topological polar surface area (TPSA) is 108 Å². The Hall–Kier alpha value is -1.67. The number of aliphatic hydroxyl groups excluding tert-OH is 1. The van der Waals surface area contributed by atoms with Gasteiger partial charge in [-0.25, -0.2) is 0 Å². The summed E-state index contributed by atoms with van der Waals surface area (Å²) < 4.78 is 6.45. The van der Waals surface area contributed by atoms with Crippen molar-refractivity contribution in [2.45, 2.75) is 108 Å². The van der Waals surface area contributed by atoms with Crippen molar-refractivity contribution in [2.75, 3.05) is 19.7 Å². The number of carbonyl (C=O) groups is 3. The van der Waals surface area contributed by atoms with E-state index < -0.39 is 23.5 Å². The van der Waals surface area contributed by atoms with Gasteiger partial charge >= 0.3 is 0 Å². The van der Waals surface area contributed by atoms with Gasteiger partial charge in [0.25, 0.3) is 0 Å². The molecule has 1 aliphatic carbocycles. The third-order valence-electron chi connectivity index (χ3n) is 8.16. The Balaban J connectivity index is 1.55. The molecule has 2 bridgehead atoms. The van der Waals surface area contributed by atoms with Crippen molar-refractivity contribution >= 4 is 17.7 Å². The van der Waals surface area contributed by atoms with Crippen LogP contribution in [0.5, 0.6) is 0 Å². The molecule has 3 saturated heterocycles. The second kappa shape index (κ2) is 10.7. The molecule has 4 rings (SSSR count). The van der Waals surface area contributed by atoms with E-state index in [4.69, 9.17) is 9.84 Å². The van der Waals surface area contributed by atoms with Gasteiger partial charge in [-0.1, -0.05) is 39.0 Å². The number of likely N-dealkylation sites (tertiary alicyclic amines) is 1. The molecule has 0 radical (unpaired) electrons. The number of hydrogen-bond acceptors (Lipinski definition) is 5. The Kier molecular flexibility index (Phi) is 7.95. The summed E-state index contributed by atoms with van der Waals surface area (Å²) in [6.45, 7) is 3.24. The largest absolute Gasteiger partial charge is 0.396 e. The van der Waals surface area contributed by atoms with Crippen LogP contribution in [0.3, 0.4) is 0 Å². The van der Waals surface area contributed by atoms with Gasteiger partial charge in [0.05, 0.1) is 17.9 Å². The number of fused-ring (bicyclic) bond motifs is 1. The lowest BCUT2D eigenvalue weighted by atomic mass is 9.70. The summed E-state index contributed by atoms with van der Waals surface area (Å²) in [7, 11) is 0. The van der Waals surface area contributed by atoms with Gasteiger partial charge < -0.3 is 25.4 Å². The molecule has 5 atom stereocenters. The number of nitrogens with zero attached hydrogens (tertiary/aromatic N) is 1.